The lowest BCUT2D eigenvalue weighted by molar-refractivity contribution is -0.110. The predicted octanol–water partition coefficient (Wildman–Crippen LogP) is 3.72. The molecule has 0 radical (unpaired) electrons. The van der Waals surface area contributed by atoms with E-state index in [1.165, 1.54) is 12.1 Å². The lowest BCUT2D eigenvalue weighted by Gasteiger charge is -2.30. The maximum absolute atomic E-state index is 13.7. The van der Waals surface area contributed by atoms with Gasteiger partial charge in [0.15, 0.2) is 15.6 Å². The summed E-state index contributed by atoms with van der Waals surface area (Å²) >= 11 is 0. The molecule has 6 heteroatoms. The lowest BCUT2D eigenvalue weighted by atomic mass is 10.3. The summed E-state index contributed by atoms with van der Waals surface area (Å²) in [6, 6.07) is 38.3. The zero-order chi connectivity index (χ0) is 24.0. The molecule has 0 aliphatic carbocycles. The number of rotatable bonds is 7. The second-order valence-electron chi connectivity index (χ2n) is 7.63. The highest BCUT2D eigenvalue weighted by atomic mass is 32.2. The molecule has 0 saturated carbocycles. The fraction of sp³-hybridized carbons (Fsp3) is 0.0357. The highest BCUT2D eigenvalue weighted by Gasteiger charge is 2.35. The van der Waals surface area contributed by atoms with Crippen molar-refractivity contribution in [3.63, 3.8) is 0 Å². The second kappa shape index (κ2) is 10.1. The first kappa shape index (κ1) is 23.4. The van der Waals surface area contributed by atoms with Gasteiger partial charge in [-0.05, 0) is 34.9 Å². The van der Waals surface area contributed by atoms with Crippen LogP contribution >= 0.6 is 6.89 Å². The van der Waals surface area contributed by atoms with Crippen molar-refractivity contribution in [1.29, 1.82) is 5.26 Å². The number of sulfone groups is 1. The van der Waals surface area contributed by atoms with E-state index in [-0.39, 0.29) is 10.2 Å². The summed E-state index contributed by atoms with van der Waals surface area (Å²) in [5, 5.41) is 12.8. The Balaban J connectivity index is 2.07. The third-order valence-electron chi connectivity index (χ3n) is 5.56. The third kappa shape index (κ3) is 4.39. The van der Waals surface area contributed by atoms with Gasteiger partial charge in [0.05, 0.1) is 4.90 Å². The van der Waals surface area contributed by atoms with Gasteiger partial charge in [0, 0.05) is 0 Å². The van der Waals surface area contributed by atoms with Crippen molar-refractivity contribution in [2.24, 2.45) is 0 Å². The zero-order valence-corrected chi connectivity index (χ0v) is 20.0. The monoisotopic (exact) mass is 483 g/mol. The molecule has 0 amide bonds. The molecule has 0 aliphatic rings. The van der Waals surface area contributed by atoms with Crippen molar-refractivity contribution in [2.75, 3.05) is 5.75 Å². The van der Waals surface area contributed by atoms with Crippen molar-refractivity contribution in [3.05, 3.63) is 121 Å². The third-order valence-corrected chi connectivity index (χ3v) is 11.4. The van der Waals surface area contributed by atoms with Crippen LogP contribution in [0.3, 0.4) is 0 Å². The van der Waals surface area contributed by atoms with E-state index in [0.717, 1.165) is 15.9 Å². The zero-order valence-electron chi connectivity index (χ0n) is 18.3. The fourth-order valence-electron chi connectivity index (χ4n) is 4.07. The number of hydrogen-bond acceptors (Lipinski definition) is 4. The summed E-state index contributed by atoms with van der Waals surface area (Å²) < 4.78 is 26.1. The molecule has 4 aromatic rings. The molecule has 0 heterocycles. The SMILES string of the molecule is N#CC(C(=O)CS(=O)(=O)c1ccccc1)=P(c1ccccc1)(c1ccccc1)c1ccccc1. The molecule has 4 aromatic carbocycles. The minimum atomic E-state index is -3.93. The first-order valence-electron chi connectivity index (χ1n) is 10.6. The number of benzene rings is 4. The van der Waals surface area contributed by atoms with Crippen LogP contribution in [0, 0.1) is 11.3 Å². The van der Waals surface area contributed by atoms with E-state index in [2.05, 4.69) is 6.07 Å². The van der Waals surface area contributed by atoms with Crippen LogP contribution in [0.15, 0.2) is 126 Å². The van der Waals surface area contributed by atoms with E-state index in [9.17, 15) is 18.5 Å². The smallest absolute Gasteiger partial charge is 0.189 e. The Hall–Kier alpha value is -3.71. The molecule has 0 atom stereocenters. The normalized spacial score (nSPS) is 11.4. The first-order chi connectivity index (χ1) is 16.5. The number of nitrogens with zero attached hydrogens (tertiary/aromatic N) is 1. The summed E-state index contributed by atoms with van der Waals surface area (Å²) in [6.45, 7) is -2.96. The van der Waals surface area contributed by atoms with Gasteiger partial charge in [0.25, 0.3) is 0 Å². The molecule has 0 N–H and O–H groups in total. The second-order valence-corrected chi connectivity index (χ2v) is 13.0. The van der Waals surface area contributed by atoms with Crippen LogP contribution in [0.2, 0.25) is 0 Å². The summed E-state index contributed by atoms with van der Waals surface area (Å²) in [5.41, 5.74) is 0. The Bertz CT molecular complexity index is 1390. The number of carbonyl (C=O) groups is 1. The highest BCUT2D eigenvalue weighted by molar-refractivity contribution is 7.97. The molecule has 34 heavy (non-hydrogen) atoms. The molecule has 0 spiro atoms. The molecule has 0 saturated heterocycles. The Morgan fingerprint density at radius 1 is 0.647 bits per heavy atom. The summed E-state index contributed by atoms with van der Waals surface area (Å²) in [5.74, 6) is -1.45. The van der Waals surface area contributed by atoms with Crippen molar-refractivity contribution >= 4 is 43.7 Å². The van der Waals surface area contributed by atoms with E-state index in [0.29, 0.717) is 0 Å². The molecular formula is C28H22NO3PS. The number of nitriles is 1. The van der Waals surface area contributed by atoms with Gasteiger partial charge in [0.1, 0.15) is 17.1 Å². The van der Waals surface area contributed by atoms with Gasteiger partial charge in [-0.1, -0.05) is 109 Å². The van der Waals surface area contributed by atoms with Gasteiger partial charge in [0.2, 0.25) is 0 Å². The van der Waals surface area contributed by atoms with Crippen molar-refractivity contribution in [3.8, 4) is 6.07 Å². The molecule has 4 nitrogen and oxygen atoms in total. The lowest BCUT2D eigenvalue weighted by Crippen LogP contribution is -2.35. The van der Waals surface area contributed by atoms with Gasteiger partial charge >= 0.3 is 0 Å². The molecule has 0 fully saturated rings. The number of carbonyl (C=O) groups excluding carboxylic acids is 1. The molecular weight excluding hydrogens is 461 g/mol. The van der Waals surface area contributed by atoms with Crippen molar-refractivity contribution < 1.29 is 13.2 Å². The predicted molar refractivity (Wildman–Crippen MR) is 139 cm³/mol. The summed E-state index contributed by atoms with van der Waals surface area (Å²) in [4.78, 5) is 13.8. The number of hydrogen-bond donors (Lipinski definition) is 0. The Labute approximate surface area is 200 Å². The van der Waals surface area contributed by atoms with Gasteiger partial charge in [-0.15, -0.1) is 0 Å². The average Bonchev–Trinajstić information content (AvgIpc) is 2.89. The highest BCUT2D eigenvalue weighted by Crippen LogP contribution is 2.46. The van der Waals surface area contributed by atoms with Crippen molar-refractivity contribution in [1.82, 2.24) is 0 Å². The van der Waals surface area contributed by atoms with Crippen molar-refractivity contribution in [2.45, 2.75) is 4.90 Å². The number of Topliss-reactive ketones (excluding diaryl/α,β-unsaturated/α-hetero) is 1. The van der Waals surface area contributed by atoms with Crippen LogP contribution in [-0.4, -0.2) is 25.2 Å². The van der Waals surface area contributed by atoms with E-state index < -0.39 is 28.3 Å². The summed E-state index contributed by atoms with van der Waals surface area (Å²) in [6.07, 6.45) is 0. The Morgan fingerprint density at radius 2 is 1.00 bits per heavy atom. The maximum atomic E-state index is 13.7. The standard InChI is InChI=1S/C28H22NO3PS/c29-21-28(27(30)22-34(31,32)26-19-11-4-12-20-26)33(23-13-5-1-6-14-23,24-15-7-2-8-16-24)25-17-9-3-10-18-25/h1-20H,22H2. The molecule has 0 aliphatic heterocycles. The summed E-state index contributed by atoms with van der Waals surface area (Å²) in [7, 11) is -3.93. The van der Waals surface area contributed by atoms with E-state index >= 15 is 0 Å². The van der Waals surface area contributed by atoms with E-state index in [4.69, 9.17) is 0 Å². The fourth-order valence-corrected chi connectivity index (χ4v) is 9.53. The Morgan fingerprint density at radius 3 is 1.35 bits per heavy atom. The van der Waals surface area contributed by atoms with Crippen LogP contribution in [0.1, 0.15) is 0 Å². The first-order valence-corrected chi connectivity index (χ1v) is 14.1. The van der Waals surface area contributed by atoms with E-state index in [1.807, 2.05) is 91.0 Å². The molecule has 4 rings (SSSR count). The van der Waals surface area contributed by atoms with E-state index in [1.54, 1.807) is 18.2 Å². The van der Waals surface area contributed by atoms with Crippen LogP contribution in [0.4, 0.5) is 0 Å². The number of ketones is 1. The van der Waals surface area contributed by atoms with Gasteiger partial charge in [-0.25, -0.2) is 8.42 Å². The molecule has 0 bridgehead atoms. The van der Waals surface area contributed by atoms with Crippen LogP contribution in [0.5, 0.6) is 0 Å². The molecule has 168 valence electrons. The van der Waals surface area contributed by atoms with Crippen LogP contribution in [0.25, 0.3) is 0 Å². The Kier molecular flexibility index (Phi) is 6.93. The minimum absolute atomic E-state index is 0.0318. The molecule has 0 aromatic heterocycles. The van der Waals surface area contributed by atoms with Gasteiger partial charge < -0.3 is 0 Å². The van der Waals surface area contributed by atoms with Crippen LogP contribution < -0.4 is 15.9 Å². The quantitative estimate of drug-likeness (QED) is 0.376. The van der Waals surface area contributed by atoms with Crippen LogP contribution in [-0.2, 0) is 14.6 Å². The largest absolute Gasteiger partial charge is 0.292 e. The topological polar surface area (TPSA) is 75.0 Å². The average molecular weight is 484 g/mol. The molecule has 0 unspecified atom stereocenters. The van der Waals surface area contributed by atoms with Gasteiger partial charge in [-0.3, -0.25) is 4.79 Å². The maximum Gasteiger partial charge on any atom is 0.189 e. The minimum Gasteiger partial charge on any atom is -0.292 e. The van der Waals surface area contributed by atoms with Gasteiger partial charge in [-0.2, -0.15) is 5.26 Å².